The van der Waals surface area contributed by atoms with Gasteiger partial charge in [0.1, 0.15) is 0 Å². The molecule has 0 unspecified atom stereocenters. The van der Waals surface area contributed by atoms with Crippen molar-refractivity contribution in [1.82, 2.24) is 19.4 Å². The lowest BCUT2D eigenvalue weighted by Gasteiger charge is -2.34. The summed E-state index contributed by atoms with van der Waals surface area (Å²) in [6.45, 7) is 7.19. The fourth-order valence-corrected chi connectivity index (χ4v) is 3.57. The number of imidazole rings is 1. The van der Waals surface area contributed by atoms with Crippen molar-refractivity contribution in [2.45, 2.75) is 45.7 Å². The van der Waals surface area contributed by atoms with Gasteiger partial charge in [0.2, 0.25) is 5.91 Å². The first-order valence-electron chi connectivity index (χ1n) is 10.2. The third-order valence-electron chi connectivity index (χ3n) is 5.34. The van der Waals surface area contributed by atoms with Crippen molar-refractivity contribution in [3.8, 4) is 6.07 Å². The summed E-state index contributed by atoms with van der Waals surface area (Å²) in [5.41, 5.74) is 3.00. The van der Waals surface area contributed by atoms with Gasteiger partial charge in [-0.2, -0.15) is 5.26 Å². The molecule has 0 bridgehead atoms. The van der Waals surface area contributed by atoms with Crippen LogP contribution in [0.3, 0.4) is 0 Å². The lowest BCUT2D eigenvalue weighted by molar-refractivity contribution is -0.133. The highest BCUT2D eigenvalue weighted by Crippen LogP contribution is 2.13. The third kappa shape index (κ3) is 5.43. The normalized spacial score (nSPS) is 14.8. The third-order valence-corrected chi connectivity index (χ3v) is 5.34. The second kappa shape index (κ2) is 10.0. The highest BCUT2D eigenvalue weighted by atomic mass is 16.2. The summed E-state index contributed by atoms with van der Waals surface area (Å²) < 4.78 is 2.16. The molecule has 6 nitrogen and oxygen atoms in total. The molecule has 1 fully saturated rings. The number of aromatic nitrogens is 2. The van der Waals surface area contributed by atoms with Crippen molar-refractivity contribution >= 4 is 5.91 Å². The summed E-state index contributed by atoms with van der Waals surface area (Å²) >= 11 is 0. The maximum atomic E-state index is 12.3. The van der Waals surface area contributed by atoms with Crippen molar-refractivity contribution in [2.75, 3.05) is 26.2 Å². The molecule has 2 heterocycles. The largest absolute Gasteiger partial charge is 0.340 e. The van der Waals surface area contributed by atoms with Crippen LogP contribution in [0.5, 0.6) is 0 Å². The summed E-state index contributed by atoms with van der Waals surface area (Å²) in [5, 5.41) is 8.92. The van der Waals surface area contributed by atoms with E-state index in [0.29, 0.717) is 17.9 Å². The van der Waals surface area contributed by atoms with E-state index in [-0.39, 0.29) is 0 Å². The van der Waals surface area contributed by atoms with E-state index in [4.69, 9.17) is 5.26 Å². The Morgan fingerprint density at radius 2 is 1.86 bits per heavy atom. The zero-order chi connectivity index (χ0) is 19.8. The molecule has 2 aromatic rings. The van der Waals surface area contributed by atoms with Gasteiger partial charge < -0.3 is 9.47 Å². The van der Waals surface area contributed by atoms with Gasteiger partial charge in [-0.25, -0.2) is 4.98 Å². The number of benzene rings is 1. The predicted octanol–water partition coefficient (Wildman–Crippen LogP) is 3.03. The Morgan fingerprint density at radius 3 is 2.54 bits per heavy atom. The highest BCUT2D eigenvalue weighted by molar-refractivity contribution is 5.76. The molecule has 28 heavy (non-hydrogen) atoms. The van der Waals surface area contributed by atoms with Gasteiger partial charge in [-0.1, -0.05) is 31.9 Å². The maximum Gasteiger partial charge on any atom is 0.222 e. The van der Waals surface area contributed by atoms with Crippen molar-refractivity contribution in [2.24, 2.45) is 0 Å². The number of nitrogens with zero attached hydrogens (tertiary/aromatic N) is 5. The highest BCUT2D eigenvalue weighted by Gasteiger charge is 2.21. The van der Waals surface area contributed by atoms with E-state index < -0.39 is 0 Å². The van der Waals surface area contributed by atoms with E-state index in [0.717, 1.165) is 64.1 Å². The number of amides is 1. The SMILES string of the molecule is CCCCCC(=O)N1CCN(Cc2cncn2Cc2ccc(C#N)cc2)CC1. The Labute approximate surface area is 167 Å². The summed E-state index contributed by atoms with van der Waals surface area (Å²) in [6, 6.07) is 9.83. The van der Waals surface area contributed by atoms with Crippen LogP contribution >= 0.6 is 0 Å². The Morgan fingerprint density at radius 1 is 1.11 bits per heavy atom. The van der Waals surface area contributed by atoms with Gasteiger partial charge in [-0.05, 0) is 24.1 Å². The van der Waals surface area contributed by atoms with Crippen LogP contribution in [-0.4, -0.2) is 51.4 Å². The molecule has 148 valence electrons. The van der Waals surface area contributed by atoms with Crippen LogP contribution in [0.15, 0.2) is 36.8 Å². The van der Waals surface area contributed by atoms with Crippen molar-refractivity contribution in [3.05, 3.63) is 53.6 Å². The number of hydrogen-bond donors (Lipinski definition) is 0. The number of carbonyl (C=O) groups excluding carboxylic acids is 1. The van der Waals surface area contributed by atoms with Gasteiger partial charge in [0.25, 0.3) is 0 Å². The van der Waals surface area contributed by atoms with Crippen molar-refractivity contribution in [1.29, 1.82) is 5.26 Å². The molecule has 1 saturated heterocycles. The van der Waals surface area contributed by atoms with Crippen LogP contribution in [0.25, 0.3) is 0 Å². The lowest BCUT2D eigenvalue weighted by Crippen LogP contribution is -2.48. The van der Waals surface area contributed by atoms with Gasteiger partial charge in [-0.3, -0.25) is 9.69 Å². The van der Waals surface area contributed by atoms with Crippen LogP contribution in [0.2, 0.25) is 0 Å². The van der Waals surface area contributed by atoms with Gasteiger partial charge in [0.05, 0.1) is 23.7 Å². The van der Waals surface area contributed by atoms with Crippen LogP contribution in [0.4, 0.5) is 0 Å². The zero-order valence-corrected chi connectivity index (χ0v) is 16.7. The molecule has 0 aliphatic carbocycles. The van der Waals surface area contributed by atoms with Crippen LogP contribution in [-0.2, 0) is 17.9 Å². The van der Waals surface area contributed by atoms with Crippen molar-refractivity contribution in [3.63, 3.8) is 0 Å². The zero-order valence-electron chi connectivity index (χ0n) is 16.7. The molecule has 1 amide bonds. The molecule has 1 aromatic heterocycles. The predicted molar refractivity (Wildman–Crippen MR) is 108 cm³/mol. The second-order valence-corrected chi connectivity index (χ2v) is 7.44. The monoisotopic (exact) mass is 379 g/mol. The first kappa shape index (κ1) is 20.1. The maximum absolute atomic E-state index is 12.3. The molecule has 0 N–H and O–H groups in total. The average molecular weight is 380 g/mol. The average Bonchev–Trinajstić information content (AvgIpc) is 3.15. The van der Waals surface area contributed by atoms with E-state index in [2.05, 4.69) is 27.4 Å². The van der Waals surface area contributed by atoms with E-state index in [1.807, 2.05) is 41.7 Å². The van der Waals surface area contributed by atoms with Crippen molar-refractivity contribution < 1.29 is 4.79 Å². The van der Waals surface area contributed by atoms with Crippen LogP contribution < -0.4 is 0 Å². The molecule has 0 saturated carbocycles. The number of rotatable bonds is 8. The lowest BCUT2D eigenvalue weighted by atomic mass is 10.1. The van der Waals surface area contributed by atoms with Gasteiger partial charge in [-0.15, -0.1) is 0 Å². The van der Waals surface area contributed by atoms with E-state index in [9.17, 15) is 4.79 Å². The Bertz CT molecular complexity index is 797. The fraction of sp³-hybridized carbons (Fsp3) is 0.500. The molecule has 3 rings (SSSR count). The molecule has 1 aromatic carbocycles. The number of nitriles is 1. The Kier molecular flexibility index (Phi) is 7.21. The minimum absolute atomic E-state index is 0.305. The minimum Gasteiger partial charge on any atom is -0.340 e. The molecule has 0 spiro atoms. The molecule has 0 atom stereocenters. The van der Waals surface area contributed by atoms with Gasteiger partial charge in [0, 0.05) is 51.9 Å². The number of piperazine rings is 1. The van der Waals surface area contributed by atoms with Gasteiger partial charge in [0.15, 0.2) is 0 Å². The Hall–Kier alpha value is -2.65. The van der Waals surface area contributed by atoms with E-state index in [1.54, 1.807) is 0 Å². The molecule has 6 heteroatoms. The number of carbonyl (C=O) groups is 1. The topological polar surface area (TPSA) is 65.2 Å². The Balaban J connectivity index is 1.50. The summed E-state index contributed by atoms with van der Waals surface area (Å²) in [5.74, 6) is 0.305. The first-order valence-corrected chi connectivity index (χ1v) is 10.2. The number of hydrogen-bond acceptors (Lipinski definition) is 4. The molecule has 1 aliphatic rings. The second-order valence-electron chi connectivity index (χ2n) is 7.44. The standard InChI is InChI=1S/C22H29N5O/c1-2-3-4-5-22(28)26-12-10-25(11-13-26)17-21-15-24-18-27(21)16-20-8-6-19(14-23)7-9-20/h6-9,15,18H,2-5,10-13,16-17H2,1H3. The summed E-state index contributed by atoms with van der Waals surface area (Å²) in [6.07, 6.45) is 7.76. The molecule has 0 radical (unpaired) electrons. The van der Waals surface area contributed by atoms with E-state index >= 15 is 0 Å². The first-order chi connectivity index (χ1) is 13.7. The van der Waals surface area contributed by atoms with Crippen LogP contribution in [0.1, 0.15) is 49.4 Å². The number of unbranched alkanes of at least 4 members (excludes halogenated alkanes) is 2. The summed E-state index contributed by atoms with van der Waals surface area (Å²) in [4.78, 5) is 21.0. The van der Waals surface area contributed by atoms with Gasteiger partial charge >= 0.3 is 0 Å². The minimum atomic E-state index is 0.305. The molecular formula is C22H29N5O. The van der Waals surface area contributed by atoms with Crippen LogP contribution in [0, 0.1) is 11.3 Å². The van der Waals surface area contributed by atoms with E-state index in [1.165, 1.54) is 5.69 Å². The fourth-order valence-electron chi connectivity index (χ4n) is 3.57. The molecule has 1 aliphatic heterocycles. The summed E-state index contributed by atoms with van der Waals surface area (Å²) in [7, 11) is 0. The molecular weight excluding hydrogens is 350 g/mol. The smallest absolute Gasteiger partial charge is 0.222 e. The quantitative estimate of drug-likeness (QED) is 0.661.